The molecule has 0 unspecified atom stereocenters. The second-order valence-electron chi connectivity index (χ2n) is 9.24. The molecule has 7 nitrogen and oxygen atoms in total. The standard InChI is InChI=1S/C26H34Cl3N3O4S/c1-5-24(26(34)30-16-18(2)3)31(17-19-11-12-21(28)15-23(19)29)25(33)10-7-13-32(37(4,35)36)22-9-6-8-20(27)14-22/h6,8-9,11-12,14-15,18,24H,5,7,10,13,16-17H2,1-4H3,(H,30,34)/t24-/m0/s1. The normalized spacial score (nSPS) is 12.3. The van der Waals surface area contributed by atoms with Crippen molar-refractivity contribution in [3.8, 4) is 0 Å². The van der Waals surface area contributed by atoms with Gasteiger partial charge in [-0.3, -0.25) is 13.9 Å². The molecule has 37 heavy (non-hydrogen) atoms. The molecule has 11 heteroatoms. The quantitative estimate of drug-likeness (QED) is 0.321. The first-order valence-corrected chi connectivity index (χ1v) is 15.1. The predicted molar refractivity (Wildman–Crippen MR) is 152 cm³/mol. The lowest BCUT2D eigenvalue weighted by Gasteiger charge is -2.31. The summed E-state index contributed by atoms with van der Waals surface area (Å²) in [6.45, 7) is 6.51. The van der Waals surface area contributed by atoms with Crippen LogP contribution >= 0.6 is 34.8 Å². The Morgan fingerprint density at radius 2 is 1.70 bits per heavy atom. The number of hydrogen-bond acceptors (Lipinski definition) is 4. The molecule has 0 aromatic heterocycles. The Kier molecular flexibility index (Phi) is 12.0. The summed E-state index contributed by atoms with van der Waals surface area (Å²) in [6.07, 6.45) is 1.79. The van der Waals surface area contributed by atoms with E-state index in [-0.39, 0.29) is 43.7 Å². The summed E-state index contributed by atoms with van der Waals surface area (Å²) < 4.78 is 26.1. The van der Waals surface area contributed by atoms with Crippen LogP contribution < -0.4 is 9.62 Å². The molecule has 0 fully saturated rings. The van der Waals surface area contributed by atoms with Gasteiger partial charge in [0.2, 0.25) is 21.8 Å². The molecule has 0 aliphatic heterocycles. The fourth-order valence-electron chi connectivity index (χ4n) is 3.81. The lowest BCUT2D eigenvalue weighted by molar-refractivity contribution is -0.141. The van der Waals surface area contributed by atoms with Gasteiger partial charge in [0.15, 0.2) is 0 Å². The van der Waals surface area contributed by atoms with E-state index < -0.39 is 16.1 Å². The number of nitrogens with zero attached hydrogens (tertiary/aromatic N) is 2. The molecule has 2 amide bonds. The minimum Gasteiger partial charge on any atom is -0.354 e. The zero-order valence-electron chi connectivity index (χ0n) is 21.5. The number of nitrogens with one attached hydrogen (secondary N) is 1. The number of hydrogen-bond donors (Lipinski definition) is 1. The van der Waals surface area contributed by atoms with E-state index in [4.69, 9.17) is 34.8 Å². The van der Waals surface area contributed by atoms with Gasteiger partial charge >= 0.3 is 0 Å². The molecule has 0 saturated heterocycles. The SMILES string of the molecule is CC[C@@H](C(=O)NCC(C)C)N(Cc1ccc(Cl)cc1Cl)C(=O)CCCN(c1cccc(Cl)c1)S(C)(=O)=O. The van der Waals surface area contributed by atoms with Crippen LogP contribution in [0.2, 0.25) is 15.1 Å². The lowest BCUT2D eigenvalue weighted by Crippen LogP contribution is -2.49. The Labute approximate surface area is 235 Å². The fourth-order valence-corrected chi connectivity index (χ4v) is 5.42. The fraction of sp³-hybridized carbons (Fsp3) is 0.462. The molecule has 204 valence electrons. The van der Waals surface area contributed by atoms with E-state index in [1.165, 1.54) is 9.21 Å². The molecule has 0 saturated carbocycles. The van der Waals surface area contributed by atoms with Crippen molar-refractivity contribution in [2.75, 3.05) is 23.7 Å². The number of carbonyl (C=O) groups excluding carboxylic acids is 2. The van der Waals surface area contributed by atoms with Gasteiger partial charge in [-0.05, 0) is 54.7 Å². The monoisotopic (exact) mass is 589 g/mol. The Balaban J connectivity index is 2.25. The van der Waals surface area contributed by atoms with E-state index >= 15 is 0 Å². The van der Waals surface area contributed by atoms with E-state index in [0.717, 1.165) is 6.26 Å². The van der Waals surface area contributed by atoms with E-state index in [1.54, 1.807) is 42.5 Å². The van der Waals surface area contributed by atoms with Crippen molar-refractivity contribution in [3.63, 3.8) is 0 Å². The Morgan fingerprint density at radius 3 is 2.27 bits per heavy atom. The lowest BCUT2D eigenvalue weighted by atomic mass is 10.1. The molecule has 2 rings (SSSR count). The van der Waals surface area contributed by atoms with Crippen molar-refractivity contribution in [3.05, 3.63) is 63.1 Å². The molecule has 2 aromatic carbocycles. The minimum atomic E-state index is -3.61. The second kappa shape index (κ2) is 14.2. The third kappa shape index (κ3) is 9.67. The summed E-state index contributed by atoms with van der Waals surface area (Å²) in [5, 5.41) is 4.18. The molecule has 0 aliphatic carbocycles. The molecule has 1 atom stereocenters. The number of benzene rings is 2. The topological polar surface area (TPSA) is 86.8 Å². The molecule has 0 aliphatic rings. The van der Waals surface area contributed by atoms with Crippen LogP contribution in [0.3, 0.4) is 0 Å². The molecule has 1 N–H and O–H groups in total. The van der Waals surface area contributed by atoms with Gasteiger partial charge in [-0.2, -0.15) is 0 Å². The predicted octanol–water partition coefficient (Wildman–Crippen LogP) is 5.77. The van der Waals surface area contributed by atoms with Crippen LogP contribution in [0.4, 0.5) is 5.69 Å². The van der Waals surface area contributed by atoms with E-state index in [0.29, 0.717) is 39.3 Å². The van der Waals surface area contributed by atoms with Crippen LogP contribution in [0.5, 0.6) is 0 Å². The van der Waals surface area contributed by atoms with Gasteiger partial charge < -0.3 is 10.2 Å². The highest BCUT2D eigenvalue weighted by Gasteiger charge is 2.29. The van der Waals surface area contributed by atoms with Gasteiger partial charge in [0.1, 0.15) is 6.04 Å². The highest BCUT2D eigenvalue weighted by molar-refractivity contribution is 7.92. The average Bonchev–Trinajstić information content (AvgIpc) is 2.80. The summed E-state index contributed by atoms with van der Waals surface area (Å²) in [6, 6.07) is 10.8. The minimum absolute atomic E-state index is 0.0335. The number of amides is 2. The summed E-state index contributed by atoms with van der Waals surface area (Å²) in [5.74, 6) is -0.270. The maximum Gasteiger partial charge on any atom is 0.242 e. The van der Waals surface area contributed by atoms with Crippen LogP contribution in [0.25, 0.3) is 0 Å². The average molecular weight is 591 g/mol. The molecule has 0 spiro atoms. The number of sulfonamides is 1. The van der Waals surface area contributed by atoms with Gasteiger partial charge in [-0.25, -0.2) is 8.42 Å². The summed E-state index contributed by atoms with van der Waals surface area (Å²) in [4.78, 5) is 28.0. The van der Waals surface area contributed by atoms with Crippen LogP contribution in [0, 0.1) is 5.92 Å². The van der Waals surface area contributed by atoms with Crippen molar-refractivity contribution in [2.45, 2.75) is 52.6 Å². The molecule has 2 aromatic rings. The molecule has 0 radical (unpaired) electrons. The summed E-state index contributed by atoms with van der Waals surface area (Å²) >= 11 is 18.5. The summed E-state index contributed by atoms with van der Waals surface area (Å²) in [5.41, 5.74) is 1.08. The number of rotatable bonds is 13. The maximum atomic E-state index is 13.5. The first-order chi connectivity index (χ1) is 17.3. The van der Waals surface area contributed by atoms with Crippen molar-refractivity contribution in [1.29, 1.82) is 0 Å². The van der Waals surface area contributed by atoms with E-state index in [2.05, 4.69) is 5.32 Å². The van der Waals surface area contributed by atoms with Crippen molar-refractivity contribution in [1.82, 2.24) is 10.2 Å². The van der Waals surface area contributed by atoms with Crippen LogP contribution in [0.15, 0.2) is 42.5 Å². The summed E-state index contributed by atoms with van der Waals surface area (Å²) in [7, 11) is -3.61. The molecular formula is C26H34Cl3N3O4S. The van der Waals surface area contributed by atoms with Crippen LogP contribution in [-0.2, 0) is 26.2 Å². The number of halogens is 3. The maximum absolute atomic E-state index is 13.5. The van der Waals surface area contributed by atoms with Gasteiger partial charge in [-0.15, -0.1) is 0 Å². The number of anilines is 1. The van der Waals surface area contributed by atoms with E-state index in [9.17, 15) is 18.0 Å². The second-order valence-corrected chi connectivity index (χ2v) is 12.4. The van der Waals surface area contributed by atoms with Crippen LogP contribution in [0.1, 0.15) is 45.6 Å². The number of carbonyl (C=O) groups is 2. The van der Waals surface area contributed by atoms with Crippen molar-refractivity contribution in [2.24, 2.45) is 5.92 Å². The van der Waals surface area contributed by atoms with Crippen LogP contribution in [-0.4, -0.2) is 50.5 Å². The van der Waals surface area contributed by atoms with E-state index in [1.807, 2.05) is 20.8 Å². The van der Waals surface area contributed by atoms with Gasteiger partial charge in [-0.1, -0.05) is 67.7 Å². The highest BCUT2D eigenvalue weighted by atomic mass is 35.5. The Bertz CT molecular complexity index is 1190. The smallest absolute Gasteiger partial charge is 0.242 e. The first-order valence-electron chi connectivity index (χ1n) is 12.1. The largest absolute Gasteiger partial charge is 0.354 e. The first kappa shape index (κ1) is 31.2. The third-order valence-electron chi connectivity index (χ3n) is 5.67. The molecule has 0 heterocycles. The highest BCUT2D eigenvalue weighted by Crippen LogP contribution is 2.25. The molecular weight excluding hydrogens is 557 g/mol. The third-order valence-corrected chi connectivity index (χ3v) is 7.69. The van der Waals surface area contributed by atoms with Gasteiger partial charge in [0, 0.05) is 41.1 Å². The van der Waals surface area contributed by atoms with Gasteiger partial charge in [0.05, 0.1) is 11.9 Å². The van der Waals surface area contributed by atoms with Gasteiger partial charge in [0.25, 0.3) is 0 Å². The van der Waals surface area contributed by atoms with Crippen molar-refractivity contribution >= 4 is 62.3 Å². The zero-order valence-corrected chi connectivity index (χ0v) is 24.6. The molecule has 0 bridgehead atoms. The Morgan fingerprint density at radius 1 is 1.03 bits per heavy atom. The Hall–Kier alpha value is -2.00. The van der Waals surface area contributed by atoms with Crippen molar-refractivity contribution < 1.29 is 18.0 Å². The zero-order chi connectivity index (χ0) is 27.8.